The monoisotopic (exact) mass is 318 g/mol. The molecule has 2 aromatic carbocycles. The Labute approximate surface area is 122 Å². The summed E-state index contributed by atoms with van der Waals surface area (Å²) in [6.45, 7) is 2.39. The molecule has 1 aliphatic rings. The van der Waals surface area contributed by atoms with Crippen LogP contribution in [0.2, 0.25) is 0 Å². The zero-order valence-electron chi connectivity index (χ0n) is 11.2. The number of rotatable bonds is 1. The van der Waals surface area contributed by atoms with Gasteiger partial charge in [0.15, 0.2) is 0 Å². The normalized spacial score (nSPS) is 18.6. The minimum atomic E-state index is 0.309. The summed E-state index contributed by atoms with van der Waals surface area (Å²) in [5.41, 5.74) is 1.77. The highest BCUT2D eigenvalue weighted by Gasteiger charge is 2.28. The highest BCUT2D eigenvalue weighted by molar-refractivity contribution is 9.10. The minimum absolute atomic E-state index is 0.309. The van der Waals surface area contributed by atoms with Crippen LogP contribution in [0.5, 0.6) is 5.75 Å². The van der Waals surface area contributed by atoms with Gasteiger partial charge in [0, 0.05) is 0 Å². The van der Waals surface area contributed by atoms with Crippen LogP contribution in [0, 0.1) is 0 Å². The highest BCUT2D eigenvalue weighted by atomic mass is 79.9. The maximum atomic E-state index is 9.74. The molecule has 0 saturated heterocycles. The van der Waals surface area contributed by atoms with Crippen molar-refractivity contribution in [1.29, 1.82) is 0 Å². The van der Waals surface area contributed by atoms with Gasteiger partial charge in [-0.2, -0.15) is 0 Å². The Bertz CT molecular complexity index is 612. The van der Waals surface area contributed by atoms with Gasteiger partial charge < -0.3 is 5.11 Å². The van der Waals surface area contributed by atoms with Crippen LogP contribution < -0.4 is 0 Å². The number of hydrogen-bond donors (Lipinski definition) is 1. The molecule has 0 heterocycles. The van der Waals surface area contributed by atoms with Crippen LogP contribution in [0.3, 0.4) is 0 Å². The number of hydrogen-bond acceptors (Lipinski definition) is 1. The molecule has 0 bridgehead atoms. The van der Waals surface area contributed by atoms with E-state index in [0.29, 0.717) is 11.2 Å². The van der Waals surface area contributed by atoms with Crippen LogP contribution in [0.15, 0.2) is 34.8 Å². The molecule has 2 aromatic rings. The van der Waals surface area contributed by atoms with Crippen LogP contribution in [0.4, 0.5) is 0 Å². The Balaban J connectivity index is 2.09. The molecular weight excluding hydrogens is 300 g/mol. The molecule has 3 rings (SSSR count). The van der Waals surface area contributed by atoms with Crippen molar-refractivity contribution in [1.82, 2.24) is 0 Å². The van der Waals surface area contributed by atoms with Crippen LogP contribution in [-0.2, 0) is 5.41 Å². The van der Waals surface area contributed by atoms with Gasteiger partial charge in [-0.1, -0.05) is 50.5 Å². The van der Waals surface area contributed by atoms with Crippen molar-refractivity contribution >= 4 is 26.7 Å². The van der Waals surface area contributed by atoms with E-state index < -0.39 is 0 Å². The minimum Gasteiger partial charge on any atom is -0.507 e. The van der Waals surface area contributed by atoms with Crippen molar-refractivity contribution in [2.75, 3.05) is 0 Å². The Morgan fingerprint density at radius 1 is 1.05 bits per heavy atom. The fourth-order valence-corrected chi connectivity index (χ4v) is 3.77. The molecule has 1 nitrogen and oxygen atoms in total. The summed E-state index contributed by atoms with van der Waals surface area (Å²) in [4.78, 5) is 0. The van der Waals surface area contributed by atoms with Gasteiger partial charge in [0.2, 0.25) is 0 Å². The highest BCUT2D eigenvalue weighted by Crippen LogP contribution is 2.41. The lowest BCUT2D eigenvalue weighted by Gasteiger charge is -2.34. The molecule has 0 amide bonds. The summed E-state index contributed by atoms with van der Waals surface area (Å²) >= 11 is 3.46. The van der Waals surface area contributed by atoms with Crippen molar-refractivity contribution in [2.45, 2.75) is 44.4 Å². The van der Waals surface area contributed by atoms with Crippen LogP contribution in [-0.4, -0.2) is 5.11 Å². The average molecular weight is 319 g/mol. The number of phenols is 1. The third-order valence-corrected chi connectivity index (χ3v) is 5.42. The predicted octanol–water partition coefficient (Wildman–Crippen LogP) is 5.53. The molecule has 100 valence electrons. The standard InChI is InChI=1S/C17H19BrO/c1-17(9-3-2-4-10-17)13-6-7-14-12(11-13)5-8-15(19)16(14)18/h5-8,11,19H,2-4,9-10H2,1H3. The summed E-state index contributed by atoms with van der Waals surface area (Å²) in [7, 11) is 0. The quantitative estimate of drug-likeness (QED) is 0.733. The molecule has 0 radical (unpaired) electrons. The number of halogens is 1. The van der Waals surface area contributed by atoms with E-state index in [0.717, 1.165) is 9.86 Å². The van der Waals surface area contributed by atoms with Gasteiger partial charge in [0.05, 0.1) is 4.47 Å². The van der Waals surface area contributed by atoms with E-state index >= 15 is 0 Å². The average Bonchev–Trinajstić information content (AvgIpc) is 2.43. The summed E-state index contributed by atoms with van der Waals surface area (Å²) in [5.74, 6) is 0.309. The Morgan fingerprint density at radius 2 is 1.79 bits per heavy atom. The van der Waals surface area contributed by atoms with Crippen molar-refractivity contribution in [3.8, 4) is 5.75 Å². The SMILES string of the molecule is CC1(c2ccc3c(Br)c(O)ccc3c2)CCCCC1. The van der Waals surface area contributed by atoms with Gasteiger partial charge in [0.25, 0.3) is 0 Å². The van der Waals surface area contributed by atoms with Crippen molar-refractivity contribution in [3.05, 3.63) is 40.4 Å². The van der Waals surface area contributed by atoms with Crippen molar-refractivity contribution in [3.63, 3.8) is 0 Å². The Morgan fingerprint density at radius 3 is 2.53 bits per heavy atom. The maximum Gasteiger partial charge on any atom is 0.130 e. The van der Waals surface area contributed by atoms with Crippen molar-refractivity contribution in [2.24, 2.45) is 0 Å². The first kappa shape index (κ1) is 13.0. The third-order valence-electron chi connectivity index (χ3n) is 4.59. The van der Waals surface area contributed by atoms with Gasteiger partial charge in [-0.05, 0) is 56.6 Å². The molecule has 0 spiro atoms. The zero-order chi connectivity index (χ0) is 13.5. The van der Waals surface area contributed by atoms with E-state index in [1.54, 1.807) is 6.07 Å². The smallest absolute Gasteiger partial charge is 0.130 e. The number of phenolic OH excluding ortho intramolecular Hbond substituents is 1. The molecule has 1 aliphatic carbocycles. The van der Waals surface area contributed by atoms with Gasteiger partial charge in [-0.15, -0.1) is 0 Å². The van der Waals surface area contributed by atoms with Crippen LogP contribution in [0.25, 0.3) is 10.8 Å². The Hall–Kier alpha value is -1.02. The lowest BCUT2D eigenvalue weighted by molar-refractivity contribution is 0.320. The number of benzene rings is 2. The van der Waals surface area contributed by atoms with E-state index in [9.17, 15) is 5.11 Å². The second-order valence-corrected chi connectivity index (χ2v) is 6.75. The fourth-order valence-electron chi connectivity index (χ4n) is 3.28. The molecule has 1 saturated carbocycles. The molecule has 1 fully saturated rings. The lowest BCUT2D eigenvalue weighted by atomic mass is 9.71. The fraction of sp³-hybridized carbons (Fsp3) is 0.412. The van der Waals surface area contributed by atoms with Crippen LogP contribution >= 0.6 is 15.9 Å². The Kier molecular flexibility index (Phi) is 3.30. The second kappa shape index (κ2) is 4.82. The van der Waals surface area contributed by atoms with Crippen molar-refractivity contribution < 1.29 is 5.11 Å². The molecule has 2 heteroatoms. The first-order chi connectivity index (χ1) is 9.10. The summed E-state index contributed by atoms with van der Waals surface area (Å²) in [6, 6.07) is 10.4. The number of fused-ring (bicyclic) bond motifs is 1. The molecular formula is C17H19BrO. The molecule has 19 heavy (non-hydrogen) atoms. The zero-order valence-corrected chi connectivity index (χ0v) is 12.8. The van der Waals surface area contributed by atoms with E-state index in [1.165, 1.54) is 43.1 Å². The van der Waals surface area contributed by atoms with E-state index in [1.807, 2.05) is 6.07 Å². The van der Waals surface area contributed by atoms with Gasteiger partial charge >= 0.3 is 0 Å². The molecule has 1 N–H and O–H groups in total. The van der Waals surface area contributed by atoms with E-state index in [4.69, 9.17) is 0 Å². The van der Waals surface area contributed by atoms with Gasteiger partial charge in [0.1, 0.15) is 5.75 Å². The molecule has 0 aliphatic heterocycles. The summed E-state index contributed by atoms with van der Waals surface area (Å²) < 4.78 is 0.797. The first-order valence-electron chi connectivity index (χ1n) is 7.02. The summed E-state index contributed by atoms with van der Waals surface area (Å²) in [6.07, 6.45) is 6.64. The number of aromatic hydroxyl groups is 1. The molecule has 0 atom stereocenters. The molecule has 0 aromatic heterocycles. The van der Waals surface area contributed by atoms with E-state index in [2.05, 4.69) is 41.1 Å². The third kappa shape index (κ3) is 2.27. The van der Waals surface area contributed by atoms with Crippen LogP contribution in [0.1, 0.15) is 44.6 Å². The second-order valence-electron chi connectivity index (χ2n) is 5.96. The topological polar surface area (TPSA) is 20.2 Å². The van der Waals surface area contributed by atoms with Gasteiger partial charge in [-0.3, -0.25) is 0 Å². The first-order valence-corrected chi connectivity index (χ1v) is 7.81. The lowest BCUT2D eigenvalue weighted by Crippen LogP contribution is -2.24. The molecule has 0 unspecified atom stereocenters. The van der Waals surface area contributed by atoms with E-state index in [-0.39, 0.29) is 0 Å². The predicted molar refractivity (Wildman–Crippen MR) is 83.7 cm³/mol. The largest absolute Gasteiger partial charge is 0.507 e. The summed E-state index contributed by atoms with van der Waals surface area (Å²) in [5, 5.41) is 12.0. The van der Waals surface area contributed by atoms with Gasteiger partial charge in [-0.25, -0.2) is 0 Å². The maximum absolute atomic E-state index is 9.74.